The first kappa shape index (κ1) is 20.6. The third-order valence-corrected chi connectivity index (χ3v) is 5.35. The van der Waals surface area contributed by atoms with Crippen LogP contribution in [0.1, 0.15) is 23.7 Å². The molecule has 0 bridgehead atoms. The van der Waals surface area contributed by atoms with Gasteiger partial charge in [0.1, 0.15) is 0 Å². The minimum Gasteiger partial charge on any atom is -0.349 e. The fraction of sp³-hybridized carbons (Fsp3) is 0.438. The van der Waals surface area contributed by atoms with Gasteiger partial charge in [-0.05, 0) is 43.6 Å². The highest BCUT2D eigenvalue weighted by atomic mass is 35.5. The van der Waals surface area contributed by atoms with Crippen molar-refractivity contribution in [1.82, 2.24) is 15.4 Å². The Hall–Kier alpha value is -1.41. The van der Waals surface area contributed by atoms with E-state index in [2.05, 4.69) is 28.9 Å². The maximum absolute atomic E-state index is 12.4. The van der Waals surface area contributed by atoms with E-state index in [0.29, 0.717) is 11.5 Å². The van der Waals surface area contributed by atoms with E-state index in [1.807, 2.05) is 0 Å². The van der Waals surface area contributed by atoms with Gasteiger partial charge in [-0.3, -0.25) is 4.79 Å². The molecule has 1 aromatic rings. The number of carbonyl (C=O) groups excluding carboxylic acids is 1. The molecule has 134 valence electrons. The zero-order chi connectivity index (χ0) is 16.9. The quantitative estimate of drug-likeness (QED) is 0.656. The van der Waals surface area contributed by atoms with Gasteiger partial charge in [0.05, 0.1) is 4.90 Å². The number of carbonyl (C=O) groups is 1. The van der Waals surface area contributed by atoms with Crippen LogP contribution in [-0.2, 0) is 10.0 Å². The van der Waals surface area contributed by atoms with E-state index in [9.17, 15) is 13.2 Å². The second kappa shape index (κ2) is 9.17. The lowest BCUT2D eigenvalue weighted by molar-refractivity contribution is 0.0914. The van der Waals surface area contributed by atoms with Gasteiger partial charge in [0.15, 0.2) is 0 Å². The van der Waals surface area contributed by atoms with Crippen molar-refractivity contribution in [3.05, 3.63) is 42.5 Å². The van der Waals surface area contributed by atoms with E-state index in [-0.39, 0.29) is 35.8 Å². The zero-order valence-electron chi connectivity index (χ0n) is 13.6. The van der Waals surface area contributed by atoms with Crippen molar-refractivity contribution in [1.29, 1.82) is 0 Å². The van der Waals surface area contributed by atoms with Gasteiger partial charge in [-0.15, -0.1) is 19.0 Å². The molecule has 0 spiro atoms. The molecule has 0 aliphatic carbocycles. The summed E-state index contributed by atoms with van der Waals surface area (Å²) in [6.07, 6.45) is 2.33. The van der Waals surface area contributed by atoms with Crippen LogP contribution in [0.3, 0.4) is 0 Å². The molecule has 1 fully saturated rings. The van der Waals surface area contributed by atoms with Crippen LogP contribution < -0.4 is 15.4 Å². The summed E-state index contributed by atoms with van der Waals surface area (Å²) in [5.41, 5.74) is 0.345. The average Bonchev–Trinajstić information content (AvgIpc) is 2.55. The minimum atomic E-state index is -3.63. The Morgan fingerprint density at radius 3 is 2.88 bits per heavy atom. The second-order valence-corrected chi connectivity index (χ2v) is 7.49. The smallest absolute Gasteiger partial charge is 0.251 e. The number of amides is 1. The largest absolute Gasteiger partial charge is 0.349 e. The molecule has 1 aliphatic heterocycles. The molecule has 0 radical (unpaired) electrons. The van der Waals surface area contributed by atoms with E-state index < -0.39 is 10.0 Å². The van der Waals surface area contributed by atoms with Gasteiger partial charge in [0, 0.05) is 18.2 Å². The molecule has 1 amide bonds. The maximum Gasteiger partial charge on any atom is 0.251 e. The van der Waals surface area contributed by atoms with Gasteiger partial charge in [-0.1, -0.05) is 19.1 Å². The van der Waals surface area contributed by atoms with Gasteiger partial charge in [-0.25, -0.2) is 13.1 Å². The molecule has 0 saturated carbocycles. The van der Waals surface area contributed by atoms with Crippen molar-refractivity contribution in [2.75, 3.05) is 19.6 Å². The van der Waals surface area contributed by atoms with Crippen LogP contribution >= 0.6 is 12.4 Å². The number of piperidine rings is 1. The average molecular weight is 374 g/mol. The molecule has 1 heterocycles. The third kappa shape index (κ3) is 5.31. The molecule has 3 N–H and O–H groups in total. The third-order valence-electron chi connectivity index (χ3n) is 3.93. The molecule has 6 nitrogen and oxygen atoms in total. The standard InChI is InChI=1S/C16H23N3O3S.ClH/c1-3-8-18-23(21,22)14-6-4-5-13(10-14)16(20)19-15-7-9-17-11-12(15)2;/h3-6,10,12,15,17-18H,1,7-9,11H2,2H3,(H,19,20);1H. The molecule has 2 rings (SSSR count). The number of halogens is 1. The topological polar surface area (TPSA) is 87.3 Å². The Balaban J connectivity index is 0.00000288. The van der Waals surface area contributed by atoms with Gasteiger partial charge in [0.25, 0.3) is 5.91 Å². The minimum absolute atomic E-state index is 0. The number of nitrogens with one attached hydrogen (secondary N) is 3. The summed E-state index contributed by atoms with van der Waals surface area (Å²) in [4.78, 5) is 12.5. The monoisotopic (exact) mass is 373 g/mol. The highest BCUT2D eigenvalue weighted by Crippen LogP contribution is 2.14. The van der Waals surface area contributed by atoms with Crippen LogP contribution in [-0.4, -0.2) is 40.0 Å². The van der Waals surface area contributed by atoms with Gasteiger partial charge >= 0.3 is 0 Å². The van der Waals surface area contributed by atoms with Crippen molar-refractivity contribution in [3.8, 4) is 0 Å². The highest BCUT2D eigenvalue weighted by molar-refractivity contribution is 7.89. The van der Waals surface area contributed by atoms with Crippen molar-refractivity contribution in [3.63, 3.8) is 0 Å². The number of sulfonamides is 1. The van der Waals surface area contributed by atoms with E-state index in [0.717, 1.165) is 19.5 Å². The number of benzene rings is 1. The first-order valence-corrected chi connectivity index (χ1v) is 9.14. The second-order valence-electron chi connectivity index (χ2n) is 5.72. The molecule has 2 atom stereocenters. The van der Waals surface area contributed by atoms with Crippen molar-refractivity contribution < 1.29 is 13.2 Å². The summed E-state index contributed by atoms with van der Waals surface area (Å²) in [5, 5.41) is 6.28. The zero-order valence-corrected chi connectivity index (χ0v) is 15.3. The molecular weight excluding hydrogens is 350 g/mol. The number of hydrogen-bond acceptors (Lipinski definition) is 4. The summed E-state index contributed by atoms with van der Waals surface area (Å²) in [5.74, 6) is 0.0957. The summed E-state index contributed by atoms with van der Waals surface area (Å²) in [6, 6.07) is 6.15. The molecule has 1 aromatic carbocycles. The van der Waals surface area contributed by atoms with Crippen LogP contribution in [0.5, 0.6) is 0 Å². The van der Waals surface area contributed by atoms with Crippen LogP contribution in [0.15, 0.2) is 41.8 Å². The predicted molar refractivity (Wildman–Crippen MR) is 97.0 cm³/mol. The van der Waals surface area contributed by atoms with Crippen LogP contribution in [0.2, 0.25) is 0 Å². The van der Waals surface area contributed by atoms with E-state index in [4.69, 9.17) is 0 Å². The molecule has 1 aliphatic rings. The molecule has 24 heavy (non-hydrogen) atoms. The molecular formula is C16H24ClN3O3S. The SMILES string of the molecule is C=CCNS(=O)(=O)c1cccc(C(=O)NC2CCNCC2C)c1.Cl. The fourth-order valence-electron chi connectivity index (χ4n) is 2.54. The van der Waals surface area contributed by atoms with Gasteiger partial charge < -0.3 is 10.6 Å². The van der Waals surface area contributed by atoms with Crippen LogP contribution in [0.4, 0.5) is 0 Å². The summed E-state index contributed by atoms with van der Waals surface area (Å²) in [7, 11) is -3.63. The Labute approximate surface area is 149 Å². The summed E-state index contributed by atoms with van der Waals surface area (Å²) >= 11 is 0. The molecule has 2 unspecified atom stereocenters. The van der Waals surface area contributed by atoms with Crippen molar-refractivity contribution in [2.45, 2.75) is 24.3 Å². The highest BCUT2D eigenvalue weighted by Gasteiger charge is 2.23. The Kier molecular flexibility index (Phi) is 7.89. The fourth-order valence-corrected chi connectivity index (χ4v) is 3.58. The normalized spacial score (nSPS) is 20.7. The lowest BCUT2D eigenvalue weighted by Gasteiger charge is -2.30. The Morgan fingerprint density at radius 1 is 1.46 bits per heavy atom. The van der Waals surface area contributed by atoms with Crippen molar-refractivity contribution >= 4 is 28.3 Å². The summed E-state index contributed by atoms with van der Waals surface area (Å²) in [6.45, 7) is 7.44. The lowest BCUT2D eigenvalue weighted by Crippen LogP contribution is -2.48. The van der Waals surface area contributed by atoms with E-state index in [1.165, 1.54) is 18.2 Å². The Morgan fingerprint density at radius 2 is 2.21 bits per heavy atom. The molecule has 1 saturated heterocycles. The Bertz CT molecular complexity index is 679. The first-order chi connectivity index (χ1) is 10.9. The van der Waals surface area contributed by atoms with Crippen LogP contribution in [0, 0.1) is 5.92 Å². The molecule has 8 heteroatoms. The maximum atomic E-state index is 12.4. The predicted octanol–water partition coefficient (Wildman–Crippen LogP) is 1.30. The summed E-state index contributed by atoms with van der Waals surface area (Å²) < 4.78 is 26.6. The van der Waals surface area contributed by atoms with E-state index >= 15 is 0 Å². The van der Waals surface area contributed by atoms with E-state index in [1.54, 1.807) is 12.1 Å². The van der Waals surface area contributed by atoms with Crippen molar-refractivity contribution in [2.24, 2.45) is 5.92 Å². The first-order valence-electron chi connectivity index (χ1n) is 7.66. The van der Waals surface area contributed by atoms with Gasteiger partial charge in [-0.2, -0.15) is 0 Å². The van der Waals surface area contributed by atoms with Gasteiger partial charge in [0.2, 0.25) is 10.0 Å². The van der Waals surface area contributed by atoms with Crippen LogP contribution in [0.25, 0.3) is 0 Å². The number of hydrogen-bond donors (Lipinski definition) is 3. The number of rotatable bonds is 6. The molecule has 0 aromatic heterocycles. The lowest BCUT2D eigenvalue weighted by atomic mass is 9.95.